The Bertz CT molecular complexity index is 533. The molecule has 0 aromatic heterocycles. The fourth-order valence-electron chi connectivity index (χ4n) is 1.90. The Kier molecular flexibility index (Phi) is 6.56. The largest absolute Gasteiger partial charge is 0.313 e. The minimum Gasteiger partial charge on any atom is -0.313 e. The lowest BCUT2D eigenvalue weighted by atomic mass is 10.2. The highest BCUT2D eigenvalue weighted by Gasteiger charge is 2.21. The molecule has 0 bridgehead atoms. The standard InChI is InChI=1S/C11H14BrClN2O2S.ClH/c12-8-3-4-10(13)11(6-8)18(16,17)15-7-9-2-1-5-14-9;/h3-4,6,9,14-15H,1-2,5,7H2;1H. The van der Waals surface area contributed by atoms with Gasteiger partial charge in [0.15, 0.2) is 0 Å². The van der Waals surface area contributed by atoms with Gasteiger partial charge in [0, 0.05) is 17.1 Å². The summed E-state index contributed by atoms with van der Waals surface area (Å²) < 4.78 is 27.5. The van der Waals surface area contributed by atoms with Crippen LogP contribution in [0.5, 0.6) is 0 Å². The first-order chi connectivity index (χ1) is 8.49. The zero-order valence-corrected chi connectivity index (χ0v) is 14.0. The van der Waals surface area contributed by atoms with Gasteiger partial charge in [-0.15, -0.1) is 12.4 Å². The Morgan fingerprint density at radius 1 is 1.47 bits per heavy atom. The molecule has 1 aliphatic heterocycles. The summed E-state index contributed by atoms with van der Waals surface area (Å²) in [7, 11) is -3.55. The van der Waals surface area contributed by atoms with E-state index in [1.165, 1.54) is 6.07 Å². The van der Waals surface area contributed by atoms with Crippen LogP contribution >= 0.6 is 39.9 Å². The van der Waals surface area contributed by atoms with Gasteiger partial charge in [-0.3, -0.25) is 0 Å². The molecule has 2 N–H and O–H groups in total. The van der Waals surface area contributed by atoms with Crippen LogP contribution in [-0.4, -0.2) is 27.5 Å². The first-order valence-corrected chi connectivity index (χ1v) is 8.32. The minimum absolute atomic E-state index is 0. The maximum Gasteiger partial charge on any atom is 0.242 e. The maximum absolute atomic E-state index is 12.1. The molecule has 1 atom stereocenters. The second kappa shape index (κ2) is 7.24. The van der Waals surface area contributed by atoms with Crippen LogP contribution in [0, 0.1) is 0 Å². The van der Waals surface area contributed by atoms with E-state index in [0.29, 0.717) is 11.0 Å². The average Bonchev–Trinajstić information content (AvgIpc) is 2.83. The predicted octanol–water partition coefficient (Wildman–Crippen LogP) is 2.55. The van der Waals surface area contributed by atoms with E-state index in [0.717, 1.165) is 19.4 Å². The van der Waals surface area contributed by atoms with Crippen LogP contribution in [0.25, 0.3) is 0 Å². The Labute approximate surface area is 132 Å². The van der Waals surface area contributed by atoms with Crippen molar-refractivity contribution in [3.05, 3.63) is 27.7 Å². The van der Waals surface area contributed by atoms with E-state index in [1.54, 1.807) is 12.1 Å². The van der Waals surface area contributed by atoms with E-state index in [4.69, 9.17) is 11.6 Å². The van der Waals surface area contributed by atoms with E-state index in [9.17, 15) is 8.42 Å². The highest BCUT2D eigenvalue weighted by molar-refractivity contribution is 9.10. The second-order valence-corrected chi connectivity index (χ2v) is 7.28. The van der Waals surface area contributed by atoms with Crippen LogP contribution in [0.3, 0.4) is 0 Å². The van der Waals surface area contributed by atoms with Crippen LogP contribution in [0.1, 0.15) is 12.8 Å². The highest BCUT2D eigenvalue weighted by atomic mass is 79.9. The minimum atomic E-state index is -3.55. The molecule has 19 heavy (non-hydrogen) atoms. The van der Waals surface area contributed by atoms with Gasteiger partial charge in [0.1, 0.15) is 4.90 Å². The summed E-state index contributed by atoms with van der Waals surface area (Å²) in [6, 6.07) is 4.99. The monoisotopic (exact) mass is 388 g/mol. The van der Waals surface area contributed by atoms with Crippen molar-refractivity contribution in [1.29, 1.82) is 0 Å². The molecule has 0 saturated carbocycles. The predicted molar refractivity (Wildman–Crippen MR) is 82.6 cm³/mol. The smallest absolute Gasteiger partial charge is 0.242 e. The summed E-state index contributed by atoms with van der Waals surface area (Å²) in [6.07, 6.45) is 2.08. The lowest BCUT2D eigenvalue weighted by molar-refractivity contribution is 0.552. The topological polar surface area (TPSA) is 58.2 Å². The lowest BCUT2D eigenvalue weighted by Crippen LogP contribution is -2.37. The Morgan fingerprint density at radius 2 is 2.21 bits per heavy atom. The van der Waals surface area contributed by atoms with E-state index in [-0.39, 0.29) is 28.4 Å². The van der Waals surface area contributed by atoms with Crippen LogP contribution in [0.15, 0.2) is 27.6 Å². The first-order valence-electron chi connectivity index (χ1n) is 5.67. The number of hydrogen-bond donors (Lipinski definition) is 2. The van der Waals surface area contributed by atoms with Gasteiger partial charge in [-0.05, 0) is 37.6 Å². The van der Waals surface area contributed by atoms with Crippen molar-refractivity contribution < 1.29 is 8.42 Å². The van der Waals surface area contributed by atoms with Crippen molar-refractivity contribution >= 4 is 50.0 Å². The van der Waals surface area contributed by atoms with Gasteiger partial charge in [-0.2, -0.15) is 0 Å². The van der Waals surface area contributed by atoms with Crippen molar-refractivity contribution in [2.45, 2.75) is 23.8 Å². The van der Waals surface area contributed by atoms with Gasteiger partial charge in [-0.1, -0.05) is 27.5 Å². The average molecular weight is 390 g/mol. The van der Waals surface area contributed by atoms with E-state index < -0.39 is 10.0 Å². The van der Waals surface area contributed by atoms with Crippen LogP contribution in [0.4, 0.5) is 0 Å². The lowest BCUT2D eigenvalue weighted by Gasteiger charge is -2.13. The Hall–Kier alpha value is 0.150. The number of hydrogen-bond acceptors (Lipinski definition) is 3. The fraction of sp³-hybridized carbons (Fsp3) is 0.455. The maximum atomic E-state index is 12.1. The molecule has 0 aliphatic carbocycles. The van der Waals surface area contributed by atoms with Crippen molar-refractivity contribution in [2.75, 3.05) is 13.1 Å². The van der Waals surface area contributed by atoms with Crippen LogP contribution in [-0.2, 0) is 10.0 Å². The molecule has 1 saturated heterocycles. The number of benzene rings is 1. The van der Waals surface area contributed by atoms with E-state index in [2.05, 4.69) is 26.0 Å². The van der Waals surface area contributed by atoms with Crippen molar-refractivity contribution in [1.82, 2.24) is 10.0 Å². The van der Waals surface area contributed by atoms with Gasteiger partial charge in [0.25, 0.3) is 0 Å². The number of halogens is 3. The number of nitrogens with one attached hydrogen (secondary N) is 2. The van der Waals surface area contributed by atoms with E-state index >= 15 is 0 Å². The summed E-state index contributed by atoms with van der Waals surface area (Å²) in [6.45, 7) is 1.34. The van der Waals surface area contributed by atoms with Gasteiger partial charge >= 0.3 is 0 Å². The van der Waals surface area contributed by atoms with Crippen molar-refractivity contribution in [3.63, 3.8) is 0 Å². The quantitative estimate of drug-likeness (QED) is 0.831. The molecule has 108 valence electrons. The summed E-state index contributed by atoms with van der Waals surface area (Å²) in [5.74, 6) is 0. The normalized spacial score (nSPS) is 19.2. The first kappa shape index (κ1) is 17.2. The van der Waals surface area contributed by atoms with Gasteiger partial charge in [-0.25, -0.2) is 13.1 Å². The summed E-state index contributed by atoms with van der Waals surface area (Å²) in [5.41, 5.74) is 0. The molecule has 0 spiro atoms. The molecule has 1 aromatic carbocycles. The van der Waals surface area contributed by atoms with Crippen LogP contribution < -0.4 is 10.0 Å². The van der Waals surface area contributed by atoms with Crippen LogP contribution in [0.2, 0.25) is 5.02 Å². The summed E-state index contributed by atoms with van der Waals surface area (Å²) in [5, 5.41) is 3.46. The van der Waals surface area contributed by atoms with E-state index in [1.807, 2.05) is 0 Å². The molecule has 1 fully saturated rings. The number of rotatable bonds is 4. The van der Waals surface area contributed by atoms with Gasteiger partial charge < -0.3 is 5.32 Å². The molecular formula is C11H15BrCl2N2O2S. The second-order valence-electron chi connectivity index (χ2n) is 4.22. The molecule has 2 rings (SSSR count). The highest BCUT2D eigenvalue weighted by Crippen LogP contribution is 2.25. The molecule has 8 heteroatoms. The van der Waals surface area contributed by atoms with Crippen molar-refractivity contribution in [3.8, 4) is 0 Å². The molecule has 1 unspecified atom stereocenters. The van der Waals surface area contributed by atoms with Gasteiger partial charge in [0.2, 0.25) is 10.0 Å². The Balaban J connectivity index is 0.00000180. The zero-order valence-electron chi connectivity index (χ0n) is 10.0. The van der Waals surface area contributed by atoms with Crippen molar-refractivity contribution in [2.24, 2.45) is 0 Å². The number of sulfonamides is 1. The fourth-order valence-corrected chi connectivity index (χ4v) is 4.02. The summed E-state index contributed by atoms with van der Waals surface area (Å²) >= 11 is 9.16. The molecule has 0 amide bonds. The SMILES string of the molecule is Cl.O=S(=O)(NCC1CCCN1)c1cc(Br)ccc1Cl. The molecule has 1 heterocycles. The molecule has 1 aliphatic rings. The third-order valence-corrected chi connectivity index (χ3v) is 5.26. The third-order valence-electron chi connectivity index (χ3n) is 2.86. The summed E-state index contributed by atoms with van der Waals surface area (Å²) in [4.78, 5) is 0.108. The third kappa shape index (κ3) is 4.58. The molecular weight excluding hydrogens is 375 g/mol. The van der Waals surface area contributed by atoms with Gasteiger partial charge in [0.05, 0.1) is 5.02 Å². The molecule has 1 aromatic rings. The molecule has 0 radical (unpaired) electrons. The zero-order chi connectivity index (χ0) is 13.2. The molecule has 4 nitrogen and oxygen atoms in total. The Morgan fingerprint density at radius 3 is 2.84 bits per heavy atom.